The monoisotopic (exact) mass is 281 g/mol. The van der Waals surface area contributed by atoms with E-state index in [1.54, 1.807) is 12.7 Å². The number of nitrogens with zero attached hydrogens (tertiary/aromatic N) is 5. The molecule has 2 heterocycles. The van der Waals surface area contributed by atoms with E-state index < -0.39 is 0 Å². The molecular formula is C16H19N5. The molecule has 0 saturated carbocycles. The fourth-order valence-electron chi connectivity index (χ4n) is 3.00. The Hall–Kier alpha value is -2.19. The van der Waals surface area contributed by atoms with Gasteiger partial charge in [-0.05, 0) is 31.0 Å². The van der Waals surface area contributed by atoms with Crippen LogP contribution in [0.3, 0.4) is 0 Å². The van der Waals surface area contributed by atoms with E-state index in [2.05, 4.69) is 27.1 Å². The van der Waals surface area contributed by atoms with Crippen LogP contribution in [-0.2, 0) is 13.1 Å². The molecule has 0 bridgehead atoms. The number of likely N-dealkylation sites (tertiary alicyclic amines) is 1. The van der Waals surface area contributed by atoms with Crippen molar-refractivity contribution in [2.45, 2.75) is 38.4 Å². The molecule has 108 valence electrons. The number of hydrogen-bond acceptors (Lipinski definition) is 4. The predicted molar refractivity (Wildman–Crippen MR) is 79.2 cm³/mol. The molecule has 1 aromatic carbocycles. The first-order chi connectivity index (χ1) is 10.4. The number of piperidine rings is 1. The lowest BCUT2D eigenvalue weighted by molar-refractivity contribution is 0.122. The van der Waals surface area contributed by atoms with Crippen LogP contribution in [0, 0.1) is 11.3 Å². The van der Waals surface area contributed by atoms with Gasteiger partial charge in [0.15, 0.2) is 0 Å². The molecule has 0 unspecified atom stereocenters. The van der Waals surface area contributed by atoms with Gasteiger partial charge in [-0.15, -0.1) is 0 Å². The van der Waals surface area contributed by atoms with Gasteiger partial charge < -0.3 is 0 Å². The summed E-state index contributed by atoms with van der Waals surface area (Å²) < 4.78 is 1.90. The van der Waals surface area contributed by atoms with Gasteiger partial charge in [0.1, 0.15) is 12.7 Å². The predicted octanol–water partition coefficient (Wildman–Crippen LogP) is 2.20. The number of aromatic nitrogens is 3. The molecule has 3 rings (SSSR count). The van der Waals surface area contributed by atoms with Crippen molar-refractivity contribution in [3.8, 4) is 6.07 Å². The normalized spacial score (nSPS) is 19.3. The molecule has 1 aliphatic heterocycles. The molecule has 1 aromatic heterocycles. The third-order valence-corrected chi connectivity index (χ3v) is 4.12. The SMILES string of the molecule is N#Cc1ccccc1CN1CCCC[C@H]1Cn1cncn1. The highest BCUT2D eigenvalue weighted by Gasteiger charge is 2.23. The van der Waals surface area contributed by atoms with E-state index in [9.17, 15) is 5.26 Å². The molecule has 0 radical (unpaired) electrons. The van der Waals surface area contributed by atoms with Gasteiger partial charge in [-0.25, -0.2) is 4.98 Å². The Bertz CT molecular complexity index is 614. The summed E-state index contributed by atoms with van der Waals surface area (Å²) in [7, 11) is 0. The largest absolute Gasteiger partial charge is 0.294 e. The van der Waals surface area contributed by atoms with Gasteiger partial charge in [-0.1, -0.05) is 24.6 Å². The Morgan fingerprint density at radius 3 is 3.00 bits per heavy atom. The van der Waals surface area contributed by atoms with Crippen LogP contribution in [-0.4, -0.2) is 32.3 Å². The molecule has 1 aliphatic rings. The molecule has 5 nitrogen and oxygen atoms in total. The van der Waals surface area contributed by atoms with Crippen molar-refractivity contribution in [3.63, 3.8) is 0 Å². The maximum absolute atomic E-state index is 9.23. The van der Waals surface area contributed by atoms with E-state index in [0.29, 0.717) is 6.04 Å². The van der Waals surface area contributed by atoms with Gasteiger partial charge in [-0.3, -0.25) is 9.58 Å². The van der Waals surface area contributed by atoms with E-state index in [-0.39, 0.29) is 0 Å². The van der Waals surface area contributed by atoms with Crippen molar-refractivity contribution < 1.29 is 0 Å². The number of benzene rings is 1. The lowest BCUT2D eigenvalue weighted by Gasteiger charge is -2.35. The average molecular weight is 281 g/mol. The molecule has 5 heteroatoms. The van der Waals surface area contributed by atoms with Crippen molar-refractivity contribution in [2.75, 3.05) is 6.54 Å². The zero-order valence-corrected chi connectivity index (χ0v) is 12.0. The molecular weight excluding hydrogens is 262 g/mol. The zero-order valence-electron chi connectivity index (χ0n) is 12.0. The fourth-order valence-corrected chi connectivity index (χ4v) is 3.00. The van der Waals surface area contributed by atoms with Crippen molar-refractivity contribution in [1.82, 2.24) is 19.7 Å². The lowest BCUT2D eigenvalue weighted by atomic mass is 10.00. The second-order valence-electron chi connectivity index (χ2n) is 5.51. The van der Waals surface area contributed by atoms with Crippen LogP contribution in [0.15, 0.2) is 36.9 Å². The summed E-state index contributed by atoms with van der Waals surface area (Å²) in [4.78, 5) is 6.49. The highest BCUT2D eigenvalue weighted by Crippen LogP contribution is 2.22. The van der Waals surface area contributed by atoms with Gasteiger partial charge in [-0.2, -0.15) is 10.4 Å². The minimum atomic E-state index is 0.465. The first kappa shape index (κ1) is 13.8. The molecule has 0 spiro atoms. The molecule has 0 amide bonds. The van der Waals surface area contributed by atoms with Crippen molar-refractivity contribution in [1.29, 1.82) is 5.26 Å². The van der Waals surface area contributed by atoms with Crippen LogP contribution in [0.4, 0.5) is 0 Å². The third kappa shape index (κ3) is 3.29. The Morgan fingerprint density at radius 2 is 2.19 bits per heavy atom. The summed E-state index contributed by atoms with van der Waals surface area (Å²) in [6.45, 7) is 2.79. The van der Waals surface area contributed by atoms with Gasteiger partial charge >= 0.3 is 0 Å². The molecule has 1 saturated heterocycles. The Labute approximate surface area is 124 Å². The third-order valence-electron chi connectivity index (χ3n) is 4.12. The molecule has 21 heavy (non-hydrogen) atoms. The average Bonchev–Trinajstić information content (AvgIpc) is 3.03. The van der Waals surface area contributed by atoms with Crippen LogP contribution in [0.5, 0.6) is 0 Å². The standard InChI is InChI=1S/C16H19N5/c17-9-14-5-1-2-6-15(14)10-20-8-4-3-7-16(20)11-21-13-18-12-19-21/h1-2,5-6,12-13,16H,3-4,7-8,10-11H2/t16-/m0/s1. The van der Waals surface area contributed by atoms with Crippen LogP contribution in [0.2, 0.25) is 0 Å². The number of hydrogen-bond donors (Lipinski definition) is 0. The van der Waals surface area contributed by atoms with E-state index >= 15 is 0 Å². The summed E-state index contributed by atoms with van der Waals surface area (Å²) in [6.07, 6.45) is 7.01. The quantitative estimate of drug-likeness (QED) is 0.862. The minimum Gasteiger partial charge on any atom is -0.294 e. The van der Waals surface area contributed by atoms with Gasteiger partial charge in [0, 0.05) is 12.6 Å². The van der Waals surface area contributed by atoms with Crippen molar-refractivity contribution in [2.24, 2.45) is 0 Å². The number of rotatable bonds is 4. The molecule has 1 fully saturated rings. The number of nitriles is 1. The molecule has 0 aliphatic carbocycles. The topological polar surface area (TPSA) is 57.7 Å². The van der Waals surface area contributed by atoms with E-state index in [1.807, 2.05) is 22.9 Å². The van der Waals surface area contributed by atoms with Crippen molar-refractivity contribution >= 4 is 0 Å². The highest BCUT2D eigenvalue weighted by molar-refractivity contribution is 5.37. The van der Waals surface area contributed by atoms with Gasteiger partial charge in [0.2, 0.25) is 0 Å². The van der Waals surface area contributed by atoms with Crippen LogP contribution in [0.25, 0.3) is 0 Å². The van der Waals surface area contributed by atoms with Crippen molar-refractivity contribution in [3.05, 3.63) is 48.0 Å². The van der Waals surface area contributed by atoms with E-state index in [0.717, 1.165) is 30.8 Å². The van der Waals surface area contributed by atoms with E-state index in [1.165, 1.54) is 19.3 Å². The van der Waals surface area contributed by atoms with Gasteiger partial charge in [0.25, 0.3) is 0 Å². The van der Waals surface area contributed by atoms with Crippen LogP contribution < -0.4 is 0 Å². The lowest BCUT2D eigenvalue weighted by Crippen LogP contribution is -2.41. The summed E-state index contributed by atoms with van der Waals surface area (Å²) in [5.41, 5.74) is 1.90. The molecule has 1 atom stereocenters. The van der Waals surface area contributed by atoms with Crippen LogP contribution >= 0.6 is 0 Å². The summed E-state index contributed by atoms with van der Waals surface area (Å²) in [5, 5.41) is 13.4. The Kier molecular flexibility index (Phi) is 4.27. The summed E-state index contributed by atoms with van der Waals surface area (Å²) in [6, 6.07) is 10.6. The fraction of sp³-hybridized carbons (Fsp3) is 0.438. The first-order valence-electron chi connectivity index (χ1n) is 7.41. The Balaban J connectivity index is 1.74. The Morgan fingerprint density at radius 1 is 1.29 bits per heavy atom. The van der Waals surface area contributed by atoms with E-state index in [4.69, 9.17) is 0 Å². The highest BCUT2D eigenvalue weighted by atomic mass is 15.3. The maximum atomic E-state index is 9.23. The minimum absolute atomic E-state index is 0.465. The second-order valence-corrected chi connectivity index (χ2v) is 5.51. The zero-order chi connectivity index (χ0) is 14.5. The molecule has 0 N–H and O–H groups in total. The second kappa shape index (κ2) is 6.51. The van der Waals surface area contributed by atoms with Gasteiger partial charge in [0.05, 0.1) is 18.2 Å². The molecule has 2 aromatic rings. The smallest absolute Gasteiger partial charge is 0.137 e. The maximum Gasteiger partial charge on any atom is 0.137 e. The summed E-state index contributed by atoms with van der Waals surface area (Å²) in [5.74, 6) is 0. The first-order valence-corrected chi connectivity index (χ1v) is 7.41. The van der Waals surface area contributed by atoms with Crippen LogP contribution in [0.1, 0.15) is 30.4 Å². The summed E-state index contributed by atoms with van der Waals surface area (Å²) >= 11 is 0.